The first-order chi connectivity index (χ1) is 11.6. The van der Waals surface area contributed by atoms with Crippen molar-refractivity contribution in [2.75, 3.05) is 0 Å². The number of carboxylic acid groups (broad SMARTS) is 2. The number of para-hydroxylation sites is 2. The van der Waals surface area contributed by atoms with Crippen molar-refractivity contribution < 1.29 is 28.6 Å². The number of carbonyl (C=O) groups is 2. The van der Waals surface area contributed by atoms with Crippen molar-refractivity contribution >= 4 is 33.9 Å². The average molecular weight is 322 g/mol. The molecule has 6 heteroatoms. The minimum atomic E-state index is -1.28. The molecule has 0 atom stereocenters. The van der Waals surface area contributed by atoms with Crippen LogP contribution in [0, 0.1) is 0 Å². The Morgan fingerprint density at radius 2 is 1.04 bits per heavy atom. The SMILES string of the molecule is O=C(O)c1oc2ccccc2c1-c1c(C(=O)O)oc2ccccc12. The molecular formula is C18H10O6. The van der Waals surface area contributed by atoms with E-state index in [1.165, 1.54) is 0 Å². The zero-order valence-corrected chi connectivity index (χ0v) is 12.1. The van der Waals surface area contributed by atoms with Gasteiger partial charge in [0.05, 0.1) is 0 Å². The summed E-state index contributed by atoms with van der Waals surface area (Å²) in [5, 5.41) is 20.0. The lowest BCUT2D eigenvalue weighted by Crippen LogP contribution is -2.00. The molecule has 4 rings (SSSR count). The lowest BCUT2D eigenvalue weighted by Gasteiger charge is -2.00. The van der Waals surface area contributed by atoms with Crippen LogP contribution in [0.15, 0.2) is 57.4 Å². The maximum absolute atomic E-state index is 11.6. The van der Waals surface area contributed by atoms with Crippen LogP contribution in [-0.2, 0) is 0 Å². The molecule has 2 heterocycles. The second-order valence-electron chi connectivity index (χ2n) is 5.21. The lowest BCUT2D eigenvalue weighted by molar-refractivity contribution is 0.0653. The third-order valence-corrected chi connectivity index (χ3v) is 3.83. The summed E-state index contributed by atoms with van der Waals surface area (Å²) in [6.45, 7) is 0. The molecule has 0 aliphatic heterocycles. The van der Waals surface area contributed by atoms with Gasteiger partial charge in [0.2, 0.25) is 11.5 Å². The topological polar surface area (TPSA) is 101 Å². The first kappa shape index (κ1) is 14.1. The first-order valence-corrected chi connectivity index (χ1v) is 7.08. The normalized spacial score (nSPS) is 11.2. The van der Waals surface area contributed by atoms with Gasteiger partial charge in [0.15, 0.2) is 0 Å². The predicted octanol–water partition coefficient (Wildman–Crippen LogP) is 4.24. The fraction of sp³-hybridized carbons (Fsp3) is 0. The smallest absolute Gasteiger partial charge is 0.372 e. The number of hydrogen-bond donors (Lipinski definition) is 2. The molecule has 2 N–H and O–H groups in total. The van der Waals surface area contributed by atoms with Crippen molar-refractivity contribution in [1.29, 1.82) is 0 Å². The summed E-state index contributed by atoms with van der Waals surface area (Å²) in [5.41, 5.74) is 1.15. The second kappa shape index (κ2) is 4.99. The summed E-state index contributed by atoms with van der Waals surface area (Å²) in [6, 6.07) is 13.5. The van der Waals surface area contributed by atoms with E-state index in [0.29, 0.717) is 21.9 Å². The van der Waals surface area contributed by atoms with E-state index in [2.05, 4.69) is 0 Å². The van der Waals surface area contributed by atoms with Crippen LogP contribution in [0.5, 0.6) is 0 Å². The standard InChI is InChI=1S/C18H10O6/c19-17(20)15-13(9-5-1-3-7-11(9)23-15)14-10-6-2-4-8-12(10)24-16(14)18(21)22/h1-8H,(H,19,20)(H,21,22). The Balaban J connectivity index is 2.21. The van der Waals surface area contributed by atoms with E-state index in [9.17, 15) is 19.8 Å². The maximum atomic E-state index is 11.6. The van der Waals surface area contributed by atoms with Crippen molar-refractivity contribution in [2.45, 2.75) is 0 Å². The second-order valence-corrected chi connectivity index (χ2v) is 5.21. The van der Waals surface area contributed by atoms with Gasteiger partial charge in [-0.3, -0.25) is 0 Å². The average Bonchev–Trinajstić information content (AvgIpc) is 3.12. The highest BCUT2D eigenvalue weighted by molar-refractivity contribution is 6.15. The van der Waals surface area contributed by atoms with Gasteiger partial charge in [-0.1, -0.05) is 36.4 Å². The molecule has 0 unspecified atom stereocenters. The Bertz CT molecular complexity index is 1030. The number of carboxylic acids is 2. The molecule has 0 fully saturated rings. The van der Waals surface area contributed by atoms with E-state index >= 15 is 0 Å². The first-order valence-electron chi connectivity index (χ1n) is 7.08. The molecular weight excluding hydrogens is 312 g/mol. The molecule has 4 aromatic rings. The van der Waals surface area contributed by atoms with Crippen molar-refractivity contribution in [1.82, 2.24) is 0 Å². The van der Waals surface area contributed by atoms with Crippen LogP contribution in [-0.4, -0.2) is 22.2 Å². The molecule has 0 bridgehead atoms. The molecule has 118 valence electrons. The lowest BCUT2D eigenvalue weighted by atomic mass is 9.98. The Labute approximate surface area is 134 Å². The molecule has 0 aliphatic rings. The third kappa shape index (κ3) is 1.90. The molecule has 0 amide bonds. The minimum Gasteiger partial charge on any atom is -0.475 e. The van der Waals surface area contributed by atoms with Gasteiger partial charge in [-0.2, -0.15) is 0 Å². The monoisotopic (exact) mass is 322 g/mol. The summed E-state index contributed by atoms with van der Waals surface area (Å²) < 4.78 is 10.9. The molecule has 24 heavy (non-hydrogen) atoms. The fourth-order valence-corrected chi connectivity index (χ4v) is 2.89. The van der Waals surface area contributed by atoms with Gasteiger partial charge in [-0.05, 0) is 12.1 Å². The fourth-order valence-electron chi connectivity index (χ4n) is 2.89. The molecule has 0 radical (unpaired) electrons. The predicted molar refractivity (Wildman–Crippen MR) is 85.3 cm³/mol. The number of furan rings is 2. The summed E-state index contributed by atoms with van der Waals surface area (Å²) in [4.78, 5) is 23.3. The Kier molecular flexibility index (Phi) is 2.93. The highest BCUT2D eigenvalue weighted by atomic mass is 16.4. The Morgan fingerprint density at radius 3 is 1.42 bits per heavy atom. The van der Waals surface area contributed by atoms with Crippen molar-refractivity contribution in [3.63, 3.8) is 0 Å². The van der Waals surface area contributed by atoms with Gasteiger partial charge >= 0.3 is 11.9 Å². The van der Waals surface area contributed by atoms with Gasteiger partial charge in [0, 0.05) is 21.9 Å². The largest absolute Gasteiger partial charge is 0.475 e. The van der Waals surface area contributed by atoms with E-state index in [-0.39, 0.29) is 22.6 Å². The number of aromatic carboxylic acids is 2. The molecule has 0 saturated heterocycles. The highest BCUT2D eigenvalue weighted by Gasteiger charge is 2.29. The van der Waals surface area contributed by atoms with Crippen molar-refractivity contribution in [3.8, 4) is 11.1 Å². The van der Waals surface area contributed by atoms with Crippen LogP contribution in [0.3, 0.4) is 0 Å². The van der Waals surface area contributed by atoms with Crippen LogP contribution in [0.4, 0.5) is 0 Å². The summed E-state index contributed by atoms with van der Waals surface area (Å²) in [5.74, 6) is -3.18. The zero-order chi connectivity index (χ0) is 16.8. The quantitative estimate of drug-likeness (QED) is 0.585. The van der Waals surface area contributed by atoms with E-state index in [1.807, 2.05) is 0 Å². The molecule has 6 nitrogen and oxygen atoms in total. The van der Waals surface area contributed by atoms with Gasteiger partial charge in [0.25, 0.3) is 0 Å². The zero-order valence-electron chi connectivity index (χ0n) is 12.1. The van der Waals surface area contributed by atoms with Crippen LogP contribution in [0.2, 0.25) is 0 Å². The Hall–Kier alpha value is -3.54. The van der Waals surface area contributed by atoms with Crippen LogP contribution in [0.1, 0.15) is 21.1 Å². The van der Waals surface area contributed by atoms with Gasteiger partial charge in [-0.25, -0.2) is 9.59 Å². The molecule has 0 aliphatic carbocycles. The molecule has 2 aromatic heterocycles. The van der Waals surface area contributed by atoms with Crippen LogP contribution < -0.4 is 0 Å². The summed E-state index contributed by atoms with van der Waals surface area (Å²) >= 11 is 0. The maximum Gasteiger partial charge on any atom is 0.372 e. The number of rotatable bonds is 3. The van der Waals surface area contributed by atoms with E-state index in [1.54, 1.807) is 48.5 Å². The summed E-state index contributed by atoms with van der Waals surface area (Å²) in [7, 11) is 0. The van der Waals surface area contributed by atoms with Crippen molar-refractivity contribution in [3.05, 3.63) is 60.1 Å². The number of benzene rings is 2. The van der Waals surface area contributed by atoms with E-state index in [0.717, 1.165) is 0 Å². The Morgan fingerprint density at radius 1 is 0.667 bits per heavy atom. The van der Waals surface area contributed by atoms with Crippen molar-refractivity contribution in [2.24, 2.45) is 0 Å². The molecule has 2 aromatic carbocycles. The number of hydrogen-bond acceptors (Lipinski definition) is 4. The van der Waals surface area contributed by atoms with Gasteiger partial charge in [0.1, 0.15) is 11.2 Å². The molecule has 0 saturated carbocycles. The van der Waals surface area contributed by atoms with Gasteiger partial charge < -0.3 is 19.0 Å². The van der Waals surface area contributed by atoms with Crippen LogP contribution in [0.25, 0.3) is 33.1 Å². The molecule has 0 spiro atoms. The highest BCUT2D eigenvalue weighted by Crippen LogP contribution is 2.42. The van der Waals surface area contributed by atoms with Gasteiger partial charge in [-0.15, -0.1) is 0 Å². The van der Waals surface area contributed by atoms with E-state index in [4.69, 9.17) is 8.83 Å². The third-order valence-electron chi connectivity index (χ3n) is 3.83. The number of fused-ring (bicyclic) bond motifs is 2. The van der Waals surface area contributed by atoms with E-state index < -0.39 is 11.9 Å². The van der Waals surface area contributed by atoms with Crippen LogP contribution >= 0.6 is 0 Å². The minimum absolute atomic E-state index is 0.209. The summed E-state index contributed by atoms with van der Waals surface area (Å²) in [6.07, 6.45) is 0.